The Bertz CT molecular complexity index is 1040. The number of benzene rings is 2. The zero-order valence-electron chi connectivity index (χ0n) is 13.6. The summed E-state index contributed by atoms with van der Waals surface area (Å²) in [6.45, 7) is 0. The fraction of sp³-hybridized carbons (Fsp3) is 0.0588. The quantitative estimate of drug-likeness (QED) is 0.391. The number of amides is 1. The van der Waals surface area contributed by atoms with Gasteiger partial charge in [0, 0.05) is 35.2 Å². The first kappa shape index (κ1) is 18.4. The summed E-state index contributed by atoms with van der Waals surface area (Å²) in [5.74, 6) is -1.92. The number of nitrogens with one attached hydrogen (secondary N) is 1. The van der Waals surface area contributed by atoms with Gasteiger partial charge in [-0.25, -0.2) is 13.8 Å². The van der Waals surface area contributed by atoms with Crippen molar-refractivity contribution in [3.05, 3.63) is 80.3 Å². The van der Waals surface area contributed by atoms with Gasteiger partial charge in [-0.05, 0) is 23.8 Å². The molecule has 2 aromatic carbocycles. The Hall–Kier alpha value is -3.40. The molecule has 7 nitrogen and oxygen atoms in total. The van der Waals surface area contributed by atoms with Crippen LogP contribution in [0.25, 0.3) is 0 Å². The van der Waals surface area contributed by atoms with Gasteiger partial charge in [0.15, 0.2) is 5.13 Å². The van der Waals surface area contributed by atoms with Crippen LogP contribution >= 0.6 is 11.3 Å². The maximum Gasteiger partial charge on any atom is 0.292 e. The lowest BCUT2D eigenvalue weighted by Gasteiger charge is -2.03. The smallest absolute Gasteiger partial charge is 0.292 e. The molecule has 0 atom stereocenters. The summed E-state index contributed by atoms with van der Waals surface area (Å²) in [6, 6.07) is 7.02. The molecule has 3 N–H and O–H groups in total. The molecule has 0 saturated carbocycles. The Balaban J connectivity index is 1.73. The number of thiazole rings is 1. The Labute approximate surface area is 155 Å². The third kappa shape index (κ3) is 4.23. The van der Waals surface area contributed by atoms with Gasteiger partial charge in [-0.3, -0.25) is 20.2 Å². The molecular weight excluding hydrogens is 378 g/mol. The first-order valence-corrected chi connectivity index (χ1v) is 8.39. The van der Waals surface area contributed by atoms with Crippen LogP contribution in [0.2, 0.25) is 0 Å². The lowest BCUT2D eigenvalue weighted by atomic mass is 10.1. The first-order valence-electron chi connectivity index (χ1n) is 7.57. The predicted octanol–water partition coefficient (Wildman–Crippen LogP) is 3.75. The van der Waals surface area contributed by atoms with E-state index in [1.54, 1.807) is 0 Å². The van der Waals surface area contributed by atoms with Crippen LogP contribution in [0.4, 0.5) is 25.3 Å². The molecule has 10 heteroatoms. The molecule has 3 aromatic rings. The highest BCUT2D eigenvalue weighted by Gasteiger charge is 2.17. The van der Waals surface area contributed by atoms with Gasteiger partial charge in [-0.1, -0.05) is 6.07 Å². The van der Waals surface area contributed by atoms with E-state index in [1.165, 1.54) is 24.4 Å². The highest BCUT2D eigenvalue weighted by Crippen LogP contribution is 2.25. The number of nitrogens with two attached hydrogens (primary N) is 1. The van der Waals surface area contributed by atoms with Crippen molar-refractivity contribution >= 4 is 33.8 Å². The van der Waals surface area contributed by atoms with Gasteiger partial charge in [0.05, 0.1) is 4.92 Å². The van der Waals surface area contributed by atoms with E-state index in [0.717, 1.165) is 29.5 Å². The summed E-state index contributed by atoms with van der Waals surface area (Å²) in [5.41, 5.74) is 5.44. The molecule has 27 heavy (non-hydrogen) atoms. The van der Waals surface area contributed by atoms with E-state index < -0.39 is 22.5 Å². The molecule has 138 valence electrons. The Kier molecular flexibility index (Phi) is 5.08. The Morgan fingerprint density at radius 2 is 2.04 bits per heavy atom. The second-order valence-electron chi connectivity index (χ2n) is 5.53. The van der Waals surface area contributed by atoms with Gasteiger partial charge in [0.1, 0.15) is 17.3 Å². The molecular formula is C17H12F2N4O3S. The monoisotopic (exact) mass is 390 g/mol. The summed E-state index contributed by atoms with van der Waals surface area (Å²) < 4.78 is 26.7. The van der Waals surface area contributed by atoms with E-state index in [-0.39, 0.29) is 28.5 Å². The molecule has 0 saturated heterocycles. The van der Waals surface area contributed by atoms with Crippen molar-refractivity contribution in [1.82, 2.24) is 4.98 Å². The van der Waals surface area contributed by atoms with Crippen molar-refractivity contribution in [3.8, 4) is 0 Å². The van der Waals surface area contributed by atoms with Gasteiger partial charge in [-0.15, -0.1) is 11.3 Å². The molecule has 1 heterocycles. The zero-order valence-corrected chi connectivity index (χ0v) is 14.4. The van der Waals surface area contributed by atoms with E-state index in [9.17, 15) is 23.7 Å². The summed E-state index contributed by atoms with van der Waals surface area (Å²) in [5, 5.41) is 13.7. The Morgan fingerprint density at radius 1 is 1.26 bits per heavy atom. The van der Waals surface area contributed by atoms with Gasteiger partial charge in [-0.2, -0.15) is 0 Å². The molecule has 0 fully saturated rings. The zero-order chi connectivity index (χ0) is 19.6. The fourth-order valence-electron chi connectivity index (χ4n) is 2.31. The third-order valence-corrected chi connectivity index (χ3v) is 4.56. The number of hydrogen-bond donors (Lipinski definition) is 2. The van der Waals surface area contributed by atoms with Gasteiger partial charge in [0.2, 0.25) is 0 Å². The van der Waals surface area contributed by atoms with Crippen molar-refractivity contribution in [2.75, 3.05) is 11.1 Å². The number of anilines is 2. The number of nitrogens with zero attached hydrogens (tertiary/aromatic N) is 2. The van der Waals surface area contributed by atoms with Gasteiger partial charge < -0.3 is 5.73 Å². The summed E-state index contributed by atoms with van der Waals surface area (Å²) in [4.78, 5) is 27.2. The van der Waals surface area contributed by atoms with Crippen molar-refractivity contribution in [3.63, 3.8) is 0 Å². The second-order valence-corrected chi connectivity index (χ2v) is 6.64. The van der Waals surface area contributed by atoms with Crippen LogP contribution in [0.5, 0.6) is 0 Å². The average molecular weight is 390 g/mol. The number of carbonyl (C=O) groups excluding carboxylic acids is 1. The molecule has 3 rings (SSSR count). The van der Waals surface area contributed by atoms with E-state index in [2.05, 4.69) is 10.3 Å². The van der Waals surface area contributed by atoms with Gasteiger partial charge in [0.25, 0.3) is 11.6 Å². The standard InChI is InChI=1S/C17H12F2N4O3S/c18-11-3-1-9(13(19)7-11)5-12-8-21-17(27-12)22-16(24)10-2-4-14(20)15(6-10)23(25)26/h1-4,6-8H,5,20H2,(H,21,22,24). The topological polar surface area (TPSA) is 111 Å². The normalized spacial score (nSPS) is 10.6. The van der Waals surface area contributed by atoms with Crippen molar-refractivity contribution in [2.45, 2.75) is 6.42 Å². The van der Waals surface area contributed by atoms with Crippen LogP contribution in [0, 0.1) is 21.7 Å². The van der Waals surface area contributed by atoms with Crippen LogP contribution in [0.15, 0.2) is 42.6 Å². The van der Waals surface area contributed by atoms with Gasteiger partial charge >= 0.3 is 0 Å². The van der Waals surface area contributed by atoms with E-state index >= 15 is 0 Å². The number of carbonyl (C=O) groups is 1. The number of halogens is 2. The minimum Gasteiger partial charge on any atom is -0.393 e. The lowest BCUT2D eigenvalue weighted by molar-refractivity contribution is -0.383. The Morgan fingerprint density at radius 3 is 2.74 bits per heavy atom. The van der Waals surface area contributed by atoms with Crippen LogP contribution in [-0.4, -0.2) is 15.8 Å². The maximum absolute atomic E-state index is 13.7. The van der Waals surface area contributed by atoms with E-state index in [0.29, 0.717) is 10.4 Å². The molecule has 1 amide bonds. The van der Waals surface area contributed by atoms with Crippen molar-refractivity contribution in [2.24, 2.45) is 0 Å². The third-order valence-electron chi connectivity index (χ3n) is 3.64. The van der Waals surface area contributed by atoms with Crippen LogP contribution in [0.1, 0.15) is 20.8 Å². The van der Waals surface area contributed by atoms with E-state index in [1.807, 2.05) is 0 Å². The molecule has 0 spiro atoms. The molecule has 1 aromatic heterocycles. The highest BCUT2D eigenvalue weighted by atomic mass is 32.1. The second kappa shape index (κ2) is 7.46. The van der Waals surface area contributed by atoms with Crippen LogP contribution in [-0.2, 0) is 6.42 Å². The number of nitro groups is 1. The summed E-state index contributed by atoms with van der Waals surface area (Å²) in [6.07, 6.45) is 1.65. The maximum atomic E-state index is 13.7. The number of aromatic nitrogens is 1. The summed E-state index contributed by atoms with van der Waals surface area (Å²) >= 11 is 1.12. The molecule has 0 unspecified atom stereocenters. The minimum absolute atomic E-state index is 0.0468. The number of rotatable bonds is 5. The largest absolute Gasteiger partial charge is 0.393 e. The average Bonchev–Trinajstić information content (AvgIpc) is 3.04. The van der Waals surface area contributed by atoms with Crippen molar-refractivity contribution < 1.29 is 18.5 Å². The summed E-state index contributed by atoms with van der Waals surface area (Å²) in [7, 11) is 0. The molecule has 0 aliphatic heterocycles. The number of nitrogen functional groups attached to an aromatic ring is 1. The predicted molar refractivity (Wildman–Crippen MR) is 96.7 cm³/mol. The molecule has 0 aliphatic carbocycles. The molecule has 0 radical (unpaired) electrons. The number of nitro benzene ring substituents is 1. The van der Waals surface area contributed by atoms with Crippen molar-refractivity contribution in [1.29, 1.82) is 0 Å². The van der Waals surface area contributed by atoms with E-state index in [4.69, 9.17) is 5.73 Å². The minimum atomic E-state index is -0.676. The molecule has 0 aliphatic rings. The molecule has 0 bridgehead atoms. The van der Waals surface area contributed by atoms with Crippen LogP contribution < -0.4 is 11.1 Å². The lowest BCUT2D eigenvalue weighted by Crippen LogP contribution is -2.12. The SMILES string of the molecule is Nc1ccc(C(=O)Nc2ncc(Cc3ccc(F)cc3F)s2)cc1[N+](=O)[O-]. The highest BCUT2D eigenvalue weighted by molar-refractivity contribution is 7.15. The number of hydrogen-bond acceptors (Lipinski definition) is 6. The van der Waals surface area contributed by atoms with Crippen LogP contribution in [0.3, 0.4) is 0 Å². The first-order chi connectivity index (χ1) is 12.8. The fourth-order valence-corrected chi connectivity index (χ4v) is 3.14.